The van der Waals surface area contributed by atoms with E-state index in [0.29, 0.717) is 0 Å². The van der Waals surface area contributed by atoms with E-state index in [2.05, 4.69) is 11.4 Å². The molecule has 0 bridgehead atoms. The van der Waals surface area contributed by atoms with Gasteiger partial charge in [0.1, 0.15) is 0 Å². The maximum atomic E-state index is 5.62. The highest BCUT2D eigenvalue weighted by atomic mass is 28.4. The molecule has 0 aromatic heterocycles. The van der Waals surface area contributed by atoms with Crippen LogP contribution in [0.4, 0.5) is 0 Å². The molecule has 0 unspecified atom stereocenters. The minimum absolute atomic E-state index is 0.956. The van der Waals surface area contributed by atoms with Gasteiger partial charge in [0.2, 0.25) is 0 Å². The molecule has 0 atom stereocenters. The fraction of sp³-hybridized carbons (Fsp3) is 0.714. The van der Waals surface area contributed by atoms with E-state index in [0.717, 1.165) is 24.9 Å². The van der Waals surface area contributed by atoms with Gasteiger partial charge in [-0.1, -0.05) is 25.0 Å². The predicted molar refractivity (Wildman–Crippen MR) is 88.0 cm³/mol. The average molecular weight is 319 g/mol. The van der Waals surface area contributed by atoms with Crippen LogP contribution in [0.25, 0.3) is 0 Å². The first-order valence-electron chi connectivity index (χ1n) is 7.06. The molecule has 0 aliphatic heterocycles. The van der Waals surface area contributed by atoms with E-state index in [9.17, 15) is 0 Å². The number of hydrogen-bond donors (Lipinski definition) is 0. The summed E-state index contributed by atoms with van der Waals surface area (Å²) in [6, 6.07) is 1.91. The van der Waals surface area contributed by atoms with Crippen LogP contribution >= 0.6 is 0 Å². The van der Waals surface area contributed by atoms with E-state index in [1.807, 2.05) is 26.0 Å². The van der Waals surface area contributed by atoms with Crippen molar-refractivity contribution in [1.29, 1.82) is 0 Å². The Morgan fingerprint density at radius 1 is 0.650 bits per heavy atom. The summed E-state index contributed by atoms with van der Waals surface area (Å²) in [5.41, 5.74) is 4.19. The molecule has 6 heteroatoms. The molecule has 0 aromatic rings. The molecule has 0 fully saturated rings. The smallest absolute Gasteiger partial charge is 0.364 e. The van der Waals surface area contributed by atoms with Crippen molar-refractivity contribution in [1.82, 2.24) is 0 Å². The van der Waals surface area contributed by atoms with E-state index in [4.69, 9.17) is 17.7 Å². The van der Waals surface area contributed by atoms with Gasteiger partial charge in [-0.25, -0.2) is 0 Å². The molecule has 0 rings (SSSR count). The molecular weight excluding hydrogens is 288 g/mol. The van der Waals surface area contributed by atoms with Crippen LogP contribution < -0.4 is 0 Å². The zero-order chi connectivity index (χ0) is 15.5. The van der Waals surface area contributed by atoms with Crippen molar-refractivity contribution < 1.29 is 17.7 Å². The normalized spacial score (nSPS) is 13.7. The van der Waals surface area contributed by atoms with Gasteiger partial charge in [0, 0.05) is 28.4 Å². The number of hydrogen-bond acceptors (Lipinski definition) is 4. The highest BCUT2D eigenvalue weighted by Crippen LogP contribution is 2.22. The molecule has 0 heterocycles. The van der Waals surface area contributed by atoms with Crippen LogP contribution in [-0.4, -0.2) is 45.6 Å². The van der Waals surface area contributed by atoms with Crippen molar-refractivity contribution in [3.05, 3.63) is 23.6 Å². The Labute approximate surface area is 126 Å². The molecular formula is C14H30O4Si2. The quantitative estimate of drug-likeness (QED) is 0.432. The molecule has 20 heavy (non-hydrogen) atoms. The first-order chi connectivity index (χ1) is 9.57. The van der Waals surface area contributed by atoms with E-state index >= 15 is 0 Å². The lowest BCUT2D eigenvalue weighted by atomic mass is 10.4. The number of rotatable bonds is 11. The summed E-state index contributed by atoms with van der Waals surface area (Å²) in [4.78, 5) is 0. The second-order valence-corrected chi connectivity index (χ2v) is 11.2. The lowest BCUT2D eigenvalue weighted by Gasteiger charge is -2.26. The summed E-state index contributed by atoms with van der Waals surface area (Å²) < 4.78 is 22.5. The van der Waals surface area contributed by atoms with Crippen LogP contribution in [-0.2, 0) is 17.7 Å². The molecule has 0 N–H and O–H groups in total. The topological polar surface area (TPSA) is 36.9 Å². The van der Waals surface area contributed by atoms with Crippen LogP contribution in [0.3, 0.4) is 0 Å². The van der Waals surface area contributed by atoms with Gasteiger partial charge in [-0.2, -0.15) is 0 Å². The number of unbranched alkanes of at least 4 members (excludes halogenated alkanes) is 1. The van der Waals surface area contributed by atoms with Crippen molar-refractivity contribution in [2.75, 3.05) is 28.4 Å². The van der Waals surface area contributed by atoms with Gasteiger partial charge in [0.25, 0.3) is 0 Å². The Hall–Kier alpha value is -0.246. The summed E-state index contributed by atoms with van der Waals surface area (Å²) >= 11 is 0. The molecule has 0 aromatic carbocycles. The van der Waals surface area contributed by atoms with Gasteiger partial charge in [-0.05, 0) is 37.3 Å². The highest BCUT2D eigenvalue weighted by molar-refractivity contribution is 6.73. The Morgan fingerprint density at radius 2 is 0.950 bits per heavy atom. The first kappa shape index (κ1) is 19.8. The zero-order valence-corrected chi connectivity index (χ0v) is 15.8. The maximum absolute atomic E-state index is 5.62. The lowest BCUT2D eigenvalue weighted by Crippen LogP contribution is -2.39. The molecule has 0 saturated heterocycles. The fourth-order valence-corrected chi connectivity index (χ4v) is 6.79. The molecule has 0 amide bonds. The van der Waals surface area contributed by atoms with Gasteiger partial charge in [-0.15, -0.1) is 0 Å². The van der Waals surface area contributed by atoms with E-state index in [1.165, 1.54) is 0 Å². The number of allylic oxidation sites excluding steroid dienone is 2. The van der Waals surface area contributed by atoms with E-state index in [-0.39, 0.29) is 0 Å². The van der Waals surface area contributed by atoms with Crippen molar-refractivity contribution in [2.24, 2.45) is 0 Å². The zero-order valence-electron chi connectivity index (χ0n) is 13.8. The van der Waals surface area contributed by atoms with E-state index in [1.54, 1.807) is 28.4 Å². The van der Waals surface area contributed by atoms with Crippen molar-refractivity contribution in [3.63, 3.8) is 0 Å². The molecule has 0 aliphatic rings. The van der Waals surface area contributed by atoms with Gasteiger partial charge < -0.3 is 17.7 Å². The van der Waals surface area contributed by atoms with E-state index < -0.39 is 17.1 Å². The van der Waals surface area contributed by atoms with Gasteiger partial charge in [-0.3, -0.25) is 0 Å². The van der Waals surface area contributed by atoms with Gasteiger partial charge in [0.15, 0.2) is 0 Å². The third kappa shape index (κ3) is 6.03. The molecule has 4 nitrogen and oxygen atoms in total. The van der Waals surface area contributed by atoms with Crippen molar-refractivity contribution in [3.8, 4) is 0 Å². The summed E-state index contributed by atoms with van der Waals surface area (Å²) in [5, 5.41) is 0. The van der Waals surface area contributed by atoms with Crippen LogP contribution in [0, 0.1) is 0 Å². The SMILES string of the molecule is CC=C[Si](CCCC[Si](C=CC)(OC)OC)(OC)OC. The maximum Gasteiger partial charge on any atom is 0.364 e. The minimum atomic E-state index is -2.14. The molecule has 118 valence electrons. The van der Waals surface area contributed by atoms with Crippen molar-refractivity contribution >= 4 is 17.1 Å². The second kappa shape index (κ2) is 10.5. The Morgan fingerprint density at radius 3 is 1.15 bits per heavy atom. The van der Waals surface area contributed by atoms with Crippen LogP contribution in [0.2, 0.25) is 12.1 Å². The summed E-state index contributed by atoms with van der Waals surface area (Å²) in [5.74, 6) is 0. The minimum Gasteiger partial charge on any atom is -0.395 e. The standard InChI is InChI=1S/C14H30O4Si2/c1-7-11-19(15-3,16-4)13-9-10-14-20(17-5,18-6)12-8-2/h7-8,11-12H,9-10,13-14H2,1-6H3. The van der Waals surface area contributed by atoms with Gasteiger partial charge >= 0.3 is 17.1 Å². The third-order valence-electron chi connectivity index (χ3n) is 3.52. The Bertz CT molecular complexity index is 268. The van der Waals surface area contributed by atoms with Gasteiger partial charge in [0.05, 0.1) is 0 Å². The molecule has 0 aliphatic carbocycles. The largest absolute Gasteiger partial charge is 0.395 e. The van der Waals surface area contributed by atoms with Crippen LogP contribution in [0.15, 0.2) is 23.6 Å². The molecule has 0 radical (unpaired) electrons. The monoisotopic (exact) mass is 318 g/mol. The Kier molecular flexibility index (Phi) is 10.3. The predicted octanol–water partition coefficient (Wildman–Crippen LogP) is 3.47. The third-order valence-corrected chi connectivity index (χ3v) is 10.1. The fourth-order valence-electron chi connectivity index (χ4n) is 2.26. The highest BCUT2D eigenvalue weighted by Gasteiger charge is 2.34. The lowest BCUT2D eigenvalue weighted by molar-refractivity contribution is 0.249. The average Bonchev–Trinajstić information content (AvgIpc) is 2.49. The molecule has 0 spiro atoms. The Balaban J connectivity index is 4.42. The summed E-state index contributed by atoms with van der Waals surface area (Å²) in [6.45, 7) is 4.00. The van der Waals surface area contributed by atoms with Crippen LogP contribution in [0.1, 0.15) is 26.7 Å². The van der Waals surface area contributed by atoms with Crippen molar-refractivity contribution in [2.45, 2.75) is 38.8 Å². The molecule has 0 saturated carbocycles. The second-order valence-electron chi connectivity index (χ2n) is 4.65. The van der Waals surface area contributed by atoms with Crippen LogP contribution in [0.5, 0.6) is 0 Å². The first-order valence-corrected chi connectivity index (χ1v) is 11.3. The summed E-state index contributed by atoms with van der Waals surface area (Å²) in [6.07, 6.45) is 6.14. The summed E-state index contributed by atoms with van der Waals surface area (Å²) in [7, 11) is 2.65.